The lowest BCUT2D eigenvalue weighted by Crippen LogP contribution is -2.54. The molecule has 3 aromatic carbocycles. The molecule has 13 nitrogen and oxygen atoms in total. The third-order valence-corrected chi connectivity index (χ3v) is 9.08. The highest BCUT2D eigenvalue weighted by Gasteiger charge is 2.51. The zero-order chi connectivity index (χ0) is 36.0. The van der Waals surface area contributed by atoms with Crippen molar-refractivity contribution in [1.82, 2.24) is 25.9 Å². The van der Waals surface area contributed by atoms with E-state index in [1.54, 1.807) is 30.7 Å². The number of Topliss-reactive ketones (excluding diaryl/α,β-unsaturated/α-hetero) is 1. The molecule has 3 atom stereocenters. The number of carbonyl (C=O) groups is 3. The van der Waals surface area contributed by atoms with Crippen LogP contribution in [0.2, 0.25) is 0 Å². The van der Waals surface area contributed by atoms with E-state index in [1.165, 1.54) is 16.8 Å². The molecule has 1 heterocycles. The molecule has 0 saturated heterocycles. The number of hydrogen-bond donors (Lipinski definition) is 5. The zero-order valence-corrected chi connectivity index (χ0v) is 28.6. The average molecular weight is 693 g/mol. The highest BCUT2D eigenvalue weighted by Crippen LogP contribution is 2.38. The van der Waals surface area contributed by atoms with Crippen molar-refractivity contribution in [2.24, 2.45) is 17.2 Å². The standard InChI is InChI=1S/C28H36N6O4.C7H8O3S/c1-3-17-28(27(37)30-29,18-22-13-8-5-9-14-22)25(35)24(34-19-20(2)31-33-34)23(26(36)32-38)16-10-15-21-11-6-4-7-12-21;1-6-2-4-7(5-3-6)11(8,9)10/h4-9,11-14,19,23-24,38H,3,10,15-18,29H2,1-2H3,(H,30,37)(H,32,36);2-5H,1H3,(H,8,9,10)/t23-,24+,28?;/m0./s1. The number of nitrogens with two attached hydrogens (primary N) is 1. The summed E-state index contributed by atoms with van der Waals surface area (Å²) >= 11 is 0. The lowest BCUT2D eigenvalue weighted by molar-refractivity contribution is -0.150. The van der Waals surface area contributed by atoms with Gasteiger partial charge in [-0.2, -0.15) is 8.42 Å². The highest BCUT2D eigenvalue weighted by atomic mass is 32.2. The number of nitrogens with one attached hydrogen (secondary N) is 2. The minimum atomic E-state index is -4.02. The number of rotatable bonds is 15. The maximum Gasteiger partial charge on any atom is 0.294 e. The van der Waals surface area contributed by atoms with Crippen LogP contribution >= 0.6 is 0 Å². The number of aromatic nitrogens is 3. The minimum Gasteiger partial charge on any atom is -0.296 e. The van der Waals surface area contributed by atoms with E-state index in [0.717, 1.165) is 16.7 Å². The van der Waals surface area contributed by atoms with Crippen LogP contribution in [0.25, 0.3) is 0 Å². The van der Waals surface area contributed by atoms with Crippen molar-refractivity contribution in [2.75, 3.05) is 0 Å². The van der Waals surface area contributed by atoms with Crippen LogP contribution in [0.4, 0.5) is 0 Å². The van der Waals surface area contributed by atoms with Crippen molar-refractivity contribution in [2.45, 2.75) is 70.2 Å². The number of ketones is 1. The molecule has 0 aliphatic rings. The fourth-order valence-corrected chi connectivity index (χ4v) is 6.26. The van der Waals surface area contributed by atoms with Crippen LogP contribution in [0.5, 0.6) is 0 Å². The molecule has 0 bridgehead atoms. The number of hydrogen-bond acceptors (Lipinski definition) is 9. The monoisotopic (exact) mass is 692 g/mol. The molecule has 0 aliphatic heterocycles. The first-order chi connectivity index (χ1) is 23.4. The van der Waals surface area contributed by atoms with Gasteiger partial charge < -0.3 is 0 Å². The van der Waals surface area contributed by atoms with Crippen molar-refractivity contribution in [3.05, 3.63) is 114 Å². The van der Waals surface area contributed by atoms with Crippen molar-refractivity contribution >= 4 is 27.7 Å². The number of benzene rings is 3. The molecule has 0 fully saturated rings. The van der Waals surface area contributed by atoms with Crippen LogP contribution < -0.4 is 16.7 Å². The van der Waals surface area contributed by atoms with Gasteiger partial charge in [0.05, 0.1) is 16.5 Å². The third-order valence-electron chi connectivity index (χ3n) is 8.21. The van der Waals surface area contributed by atoms with Crippen molar-refractivity contribution < 1.29 is 32.6 Å². The van der Waals surface area contributed by atoms with Gasteiger partial charge in [0.25, 0.3) is 10.1 Å². The summed E-state index contributed by atoms with van der Waals surface area (Å²) in [6, 6.07) is 23.8. The SMILES string of the molecule is CCCC(Cc1ccccc1)(C(=O)NN)C(=O)[C@@H]([C@H](CCCc1ccccc1)C(=O)NO)n1cc(C)nn1.Cc1ccc(S(=O)(=O)O)cc1. The van der Waals surface area contributed by atoms with E-state index in [9.17, 15) is 28.0 Å². The summed E-state index contributed by atoms with van der Waals surface area (Å²) in [6.45, 7) is 5.44. The van der Waals surface area contributed by atoms with E-state index >= 15 is 0 Å². The molecular weight excluding hydrogens is 648 g/mol. The quantitative estimate of drug-likeness (QED) is 0.0301. The number of aryl methyl sites for hydroxylation is 3. The molecule has 262 valence electrons. The summed E-state index contributed by atoms with van der Waals surface area (Å²) in [5.41, 5.74) is 5.70. The lowest BCUT2D eigenvalue weighted by atomic mass is 9.69. The Morgan fingerprint density at radius 2 is 1.53 bits per heavy atom. The molecule has 0 aliphatic carbocycles. The van der Waals surface area contributed by atoms with Gasteiger partial charge in [0, 0.05) is 6.20 Å². The first kappa shape index (κ1) is 38.7. The van der Waals surface area contributed by atoms with Crippen LogP contribution in [-0.2, 0) is 37.3 Å². The van der Waals surface area contributed by atoms with Gasteiger partial charge in [-0.15, -0.1) is 5.10 Å². The molecule has 49 heavy (non-hydrogen) atoms. The van der Waals surface area contributed by atoms with Crippen LogP contribution in [0, 0.1) is 25.2 Å². The fourth-order valence-electron chi connectivity index (χ4n) is 5.78. The van der Waals surface area contributed by atoms with Crippen LogP contribution in [0.1, 0.15) is 61.0 Å². The van der Waals surface area contributed by atoms with E-state index < -0.39 is 45.1 Å². The second kappa shape index (κ2) is 18.1. The molecule has 6 N–H and O–H groups in total. The first-order valence-electron chi connectivity index (χ1n) is 15.9. The van der Waals surface area contributed by atoms with E-state index in [1.807, 2.05) is 74.5 Å². The topological polar surface area (TPSA) is 207 Å². The lowest BCUT2D eigenvalue weighted by Gasteiger charge is -2.36. The molecule has 1 unspecified atom stereocenters. The fraction of sp³-hybridized carbons (Fsp3) is 0.343. The van der Waals surface area contributed by atoms with Crippen LogP contribution in [0.3, 0.4) is 0 Å². The summed E-state index contributed by atoms with van der Waals surface area (Å²) in [6.07, 6.45) is 3.85. The largest absolute Gasteiger partial charge is 0.296 e. The maximum atomic E-state index is 14.6. The molecule has 0 saturated carbocycles. The molecule has 0 radical (unpaired) electrons. The predicted octanol–water partition coefficient (Wildman–Crippen LogP) is 4.10. The Labute approximate surface area is 286 Å². The van der Waals surface area contributed by atoms with Gasteiger partial charge in [0.15, 0.2) is 5.78 Å². The van der Waals surface area contributed by atoms with Crippen molar-refractivity contribution in [3.63, 3.8) is 0 Å². The van der Waals surface area contributed by atoms with Gasteiger partial charge in [0.1, 0.15) is 11.5 Å². The number of carbonyl (C=O) groups excluding carboxylic acids is 3. The second-order valence-electron chi connectivity index (χ2n) is 11.9. The molecule has 4 aromatic rings. The first-order valence-corrected chi connectivity index (χ1v) is 17.3. The minimum absolute atomic E-state index is 0.0666. The molecule has 4 rings (SSSR count). The number of hydrazine groups is 1. The Kier molecular flexibility index (Phi) is 14.3. The summed E-state index contributed by atoms with van der Waals surface area (Å²) in [4.78, 5) is 41.0. The summed E-state index contributed by atoms with van der Waals surface area (Å²) in [5.74, 6) is 2.73. The van der Waals surface area contributed by atoms with Gasteiger partial charge in [-0.05, 0) is 69.2 Å². The average Bonchev–Trinajstić information content (AvgIpc) is 3.53. The van der Waals surface area contributed by atoms with E-state index in [-0.39, 0.29) is 24.2 Å². The van der Waals surface area contributed by atoms with Crippen molar-refractivity contribution in [3.8, 4) is 0 Å². The summed E-state index contributed by atoms with van der Waals surface area (Å²) < 4.78 is 30.9. The van der Waals surface area contributed by atoms with Gasteiger partial charge in [0.2, 0.25) is 11.8 Å². The predicted molar refractivity (Wildman–Crippen MR) is 182 cm³/mol. The Balaban J connectivity index is 0.000000501. The van der Waals surface area contributed by atoms with Gasteiger partial charge in [-0.1, -0.05) is 96.9 Å². The molecule has 0 spiro atoms. The summed E-state index contributed by atoms with van der Waals surface area (Å²) in [5, 5.41) is 17.8. The Morgan fingerprint density at radius 1 is 0.939 bits per heavy atom. The zero-order valence-electron chi connectivity index (χ0n) is 27.8. The normalized spacial score (nSPS) is 13.6. The molecule has 2 amide bonds. The number of nitrogens with zero attached hydrogens (tertiary/aromatic N) is 3. The number of hydroxylamine groups is 1. The van der Waals surface area contributed by atoms with Crippen LogP contribution in [-0.4, -0.2) is 50.8 Å². The number of amides is 2. The van der Waals surface area contributed by atoms with Gasteiger partial charge >= 0.3 is 0 Å². The van der Waals surface area contributed by atoms with Crippen LogP contribution in [0.15, 0.2) is 96.0 Å². The molecular formula is C35H44N6O7S. The Hall–Kier alpha value is -4.76. The summed E-state index contributed by atoms with van der Waals surface area (Å²) in [7, 11) is -4.02. The van der Waals surface area contributed by atoms with E-state index in [4.69, 9.17) is 10.4 Å². The smallest absolute Gasteiger partial charge is 0.294 e. The van der Waals surface area contributed by atoms with Crippen molar-refractivity contribution in [1.29, 1.82) is 0 Å². The Morgan fingerprint density at radius 3 is 2.02 bits per heavy atom. The van der Waals surface area contributed by atoms with Gasteiger partial charge in [-0.3, -0.25) is 29.6 Å². The third kappa shape index (κ3) is 10.6. The maximum absolute atomic E-state index is 14.6. The highest BCUT2D eigenvalue weighted by molar-refractivity contribution is 7.85. The Bertz CT molecular complexity index is 1770. The van der Waals surface area contributed by atoms with E-state index in [0.29, 0.717) is 25.0 Å². The molecule has 14 heteroatoms. The van der Waals surface area contributed by atoms with Gasteiger partial charge in [-0.25, -0.2) is 16.0 Å². The second-order valence-corrected chi connectivity index (χ2v) is 13.3. The molecule has 1 aromatic heterocycles. The van der Waals surface area contributed by atoms with E-state index in [2.05, 4.69) is 15.7 Å².